The Morgan fingerprint density at radius 3 is 2.45 bits per heavy atom. The maximum Gasteiger partial charge on any atom is 0.314 e. The predicted molar refractivity (Wildman–Crippen MR) is 116 cm³/mol. The van der Waals surface area contributed by atoms with E-state index in [4.69, 9.17) is 0 Å². The molecule has 2 aromatic carbocycles. The number of nitrogens with one attached hydrogen (secondary N) is 2. The maximum absolute atomic E-state index is 12.6. The third-order valence-corrected chi connectivity index (χ3v) is 6.49. The number of aromatic nitrogens is 2. The van der Waals surface area contributed by atoms with E-state index in [0.29, 0.717) is 16.9 Å². The van der Waals surface area contributed by atoms with Gasteiger partial charge in [0.2, 0.25) is 0 Å². The molecule has 0 aliphatic carbocycles. The van der Waals surface area contributed by atoms with E-state index in [1.165, 1.54) is 4.68 Å². The third-order valence-electron chi connectivity index (χ3n) is 5.05. The highest BCUT2D eigenvalue weighted by atomic mass is 32.2. The van der Waals surface area contributed by atoms with Crippen LogP contribution in [0, 0.1) is 13.8 Å². The number of carbonyl (C=O) groups is 2. The summed E-state index contributed by atoms with van der Waals surface area (Å²) < 4.78 is 25.6. The van der Waals surface area contributed by atoms with E-state index in [1.807, 2.05) is 56.3 Å². The van der Waals surface area contributed by atoms with Gasteiger partial charge in [0, 0.05) is 12.1 Å². The molecule has 0 saturated carbocycles. The molecule has 160 valence electrons. The van der Waals surface area contributed by atoms with Crippen LogP contribution in [-0.2, 0) is 37.5 Å². The smallest absolute Gasteiger partial charge is 0.314 e. The molecule has 31 heavy (non-hydrogen) atoms. The van der Waals surface area contributed by atoms with Crippen LogP contribution >= 0.6 is 0 Å². The van der Waals surface area contributed by atoms with Crippen LogP contribution in [0.2, 0.25) is 0 Å². The molecule has 0 bridgehead atoms. The van der Waals surface area contributed by atoms with Crippen molar-refractivity contribution in [3.8, 4) is 5.69 Å². The minimum Gasteiger partial charge on any atom is -0.344 e. The molecule has 9 heteroatoms. The Balaban J connectivity index is 1.57. The van der Waals surface area contributed by atoms with Crippen LogP contribution in [0.5, 0.6) is 0 Å². The Hall–Kier alpha value is -3.46. The fraction of sp³-hybridized carbons (Fsp3) is 0.227. The van der Waals surface area contributed by atoms with E-state index in [9.17, 15) is 18.0 Å². The summed E-state index contributed by atoms with van der Waals surface area (Å²) in [4.78, 5) is 25.0. The molecule has 0 atom stereocenters. The van der Waals surface area contributed by atoms with Gasteiger partial charge >= 0.3 is 11.8 Å². The number of fused-ring (bicyclic) bond motifs is 1. The normalized spacial score (nSPS) is 14.1. The molecule has 2 heterocycles. The Morgan fingerprint density at radius 1 is 1.00 bits per heavy atom. The van der Waals surface area contributed by atoms with Gasteiger partial charge in [0.15, 0.2) is 9.84 Å². The minimum atomic E-state index is -3.33. The first-order valence-electron chi connectivity index (χ1n) is 9.75. The Bertz CT molecular complexity index is 1280. The van der Waals surface area contributed by atoms with Crippen molar-refractivity contribution in [3.63, 3.8) is 0 Å². The van der Waals surface area contributed by atoms with Gasteiger partial charge < -0.3 is 10.6 Å². The second kappa shape index (κ2) is 7.99. The average molecular weight is 439 g/mol. The van der Waals surface area contributed by atoms with Gasteiger partial charge in [-0.15, -0.1) is 0 Å². The quantitative estimate of drug-likeness (QED) is 0.607. The van der Waals surface area contributed by atoms with Crippen LogP contribution in [-0.4, -0.2) is 30.0 Å². The summed E-state index contributed by atoms with van der Waals surface area (Å²) >= 11 is 0. The number of anilines is 1. The second-order valence-corrected chi connectivity index (χ2v) is 9.74. The van der Waals surface area contributed by atoms with E-state index in [2.05, 4.69) is 15.7 Å². The van der Waals surface area contributed by atoms with Crippen molar-refractivity contribution in [2.24, 2.45) is 0 Å². The molecule has 3 aromatic rings. The molecule has 0 saturated heterocycles. The molecule has 2 amide bonds. The number of rotatable bonds is 4. The summed E-state index contributed by atoms with van der Waals surface area (Å²) in [5, 5.41) is 9.56. The SMILES string of the molecule is Cc1ccc(CNC(=O)C(=O)Nc2c3c(nn2-c2cccc(C)c2)CS(=O)(=O)C3)cc1. The topological polar surface area (TPSA) is 110 Å². The number of carbonyl (C=O) groups excluding carboxylic acids is 2. The van der Waals surface area contributed by atoms with Crippen LogP contribution in [0.15, 0.2) is 48.5 Å². The standard InChI is InChI=1S/C22H22N4O4S/c1-14-6-8-16(9-7-14)11-23-21(27)22(28)24-20-18-12-31(29,30)13-19(18)25-26(20)17-5-3-4-15(2)10-17/h3-10H,11-13H2,1-2H3,(H,23,27)(H,24,28). The lowest BCUT2D eigenvalue weighted by Gasteiger charge is -2.12. The van der Waals surface area contributed by atoms with E-state index in [1.54, 1.807) is 6.07 Å². The molecule has 1 aliphatic heterocycles. The van der Waals surface area contributed by atoms with Crippen LogP contribution in [0.3, 0.4) is 0 Å². The van der Waals surface area contributed by atoms with Crippen molar-refractivity contribution in [2.45, 2.75) is 31.9 Å². The number of hydrogen-bond acceptors (Lipinski definition) is 5. The zero-order chi connectivity index (χ0) is 22.2. The fourth-order valence-electron chi connectivity index (χ4n) is 3.45. The third kappa shape index (κ3) is 4.51. The van der Waals surface area contributed by atoms with Crippen molar-refractivity contribution in [1.29, 1.82) is 0 Å². The molecule has 0 spiro atoms. The molecule has 4 rings (SSSR count). The molecular weight excluding hydrogens is 416 g/mol. The summed E-state index contributed by atoms with van der Waals surface area (Å²) in [6.45, 7) is 4.09. The Morgan fingerprint density at radius 2 is 1.74 bits per heavy atom. The van der Waals surface area contributed by atoms with E-state index in [-0.39, 0.29) is 23.9 Å². The van der Waals surface area contributed by atoms with E-state index >= 15 is 0 Å². The van der Waals surface area contributed by atoms with Gasteiger partial charge in [-0.3, -0.25) is 9.59 Å². The largest absolute Gasteiger partial charge is 0.344 e. The lowest BCUT2D eigenvalue weighted by atomic mass is 10.1. The molecule has 8 nitrogen and oxygen atoms in total. The number of hydrogen-bond donors (Lipinski definition) is 2. The van der Waals surface area contributed by atoms with Gasteiger partial charge in [-0.25, -0.2) is 13.1 Å². The number of nitrogens with zero attached hydrogens (tertiary/aromatic N) is 2. The number of sulfone groups is 1. The van der Waals surface area contributed by atoms with Crippen molar-refractivity contribution in [3.05, 3.63) is 76.5 Å². The molecule has 2 N–H and O–H groups in total. The maximum atomic E-state index is 12.6. The lowest BCUT2D eigenvalue weighted by molar-refractivity contribution is -0.136. The van der Waals surface area contributed by atoms with E-state index < -0.39 is 21.7 Å². The van der Waals surface area contributed by atoms with Crippen molar-refractivity contribution < 1.29 is 18.0 Å². The van der Waals surface area contributed by atoms with Crippen LogP contribution < -0.4 is 10.6 Å². The molecule has 0 fully saturated rings. The predicted octanol–water partition coefficient (Wildman–Crippen LogP) is 2.17. The fourth-order valence-corrected chi connectivity index (χ4v) is 4.94. The monoisotopic (exact) mass is 438 g/mol. The second-order valence-electron chi connectivity index (χ2n) is 7.68. The summed E-state index contributed by atoms with van der Waals surface area (Å²) in [5.41, 5.74) is 4.42. The first-order valence-corrected chi connectivity index (χ1v) is 11.6. The van der Waals surface area contributed by atoms with Crippen molar-refractivity contribution in [1.82, 2.24) is 15.1 Å². The number of aryl methyl sites for hydroxylation is 2. The van der Waals surface area contributed by atoms with Crippen LogP contribution in [0.25, 0.3) is 5.69 Å². The summed E-state index contributed by atoms with van der Waals surface area (Å²) in [6, 6.07) is 15.0. The number of amides is 2. The van der Waals surface area contributed by atoms with Crippen LogP contribution in [0.4, 0.5) is 5.82 Å². The highest BCUT2D eigenvalue weighted by Crippen LogP contribution is 2.33. The Kier molecular flexibility index (Phi) is 5.36. The summed E-state index contributed by atoms with van der Waals surface area (Å²) in [6.07, 6.45) is 0. The van der Waals surface area contributed by atoms with Gasteiger partial charge in [0.05, 0.1) is 22.9 Å². The van der Waals surface area contributed by atoms with Crippen molar-refractivity contribution in [2.75, 3.05) is 5.32 Å². The summed E-state index contributed by atoms with van der Waals surface area (Å²) in [7, 11) is -3.33. The molecule has 0 radical (unpaired) electrons. The highest BCUT2D eigenvalue weighted by Gasteiger charge is 2.33. The Labute approximate surface area is 180 Å². The highest BCUT2D eigenvalue weighted by molar-refractivity contribution is 7.90. The zero-order valence-corrected chi connectivity index (χ0v) is 18.0. The van der Waals surface area contributed by atoms with Gasteiger partial charge in [-0.1, -0.05) is 42.0 Å². The minimum absolute atomic E-state index is 0.191. The average Bonchev–Trinajstić information content (AvgIpc) is 3.19. The van der Waals surface area contributed by atoms with Gasteiger partial charge in [0.25, 0.3) is 0 Å². The molecule has 1 aromatic heterocycles. The van der Waals surface area contributed by atoms with Crippen molar-refractivity contribution >= 4 is 27.5 Å². The first-order chi connectivity index (χ1) is 14.7. The van der Waals surface area contributed by atoms with Gasteiger partial charge in [-0.05, 0) is 37.1 Å². The summed E-state index contributed by atoms with van der Waals surface area (Å²) in [5.74, 6) is -1.91. The number of benzene rings is 2. The molecular formula is C22H22N4O4S. The zero-order valence-electron chi connectivity index (χ0n) is 17.2. The molecule has 0 unspecified atom stereocenters. The van der Waals surface area contributed by atoms with Crippen LogP contribution in [0.1, 0.15) is 27.9 Å². The van der Waals surface area contributed by atoms with Gasteiger partial charge in [0.1, 0.15) is 5.82 Å². The van der Waals surface area contributed by atoms with Gasteiger partial charge in [-0.2, -0.15) is 5.10 Å². The van der Waals surface area contributed by atoms with E-state index in [0.717, 1.165) is 16.7 Å². The first kappa shape index (κ1) is 20.8. The molecule has 1 aliphatic rings. The lowest BCUT2D eigenvalue weighted by Crippen LogP contribution is -2.35.